The standard InChI is InChI=1S/C9H19N3O2/c1-2-7(8(10)9(13)14)12-5-3-11-4-6-12/h7-8,11H,2-6,10H2,1H3,(H,13,14). The largest absolute Gasteiger partial charge is 0.480 e. The minimum atomic E-state index is -0.907. The van der Waals surface area contributed by atoms with Crippen molar-refractivity contribution in [3.63, 3.8) is 0 Å². The van der Waals surface area contributed by atoms with E-state index in [9.17, 15) is 4.79 Å². The maximum absolute atomic E-state index is 10.8. The molecule has 1 heterocycles. The van der Waals surface area contributed by atoms with E-state index in [2.05, 4.69) is 10.2 Å². The summed E-state index contributed by atoms with van der Waals surface area (Å²) >= 11 is 0. The fraction of sp³-hybridized carbons (Fsp3) is 0.889. The fourth-order valence-electron chi connectivity index (χ4n) is 1.92. The van der Waals surface area contributed by atoms with E-state index >= 15 is 0 Å². The maximum atomic E-state index is 10.8. The number of nitrogens with two attached hydrogens (primary N) is 1. The van der Waals surface area contributed by atoms with Gasteiger partial charge in [-0.15, -0.1) is 0 Å². The Morgan fingerprint density at radius 2 is 2.14 bits per heavy atom. The van der Waals surface area contributed by atoms with Gasteiger partial charge in [-0.1, -0.05) is 6.92 Å². The first-order valence-electron chi connectivity index (χ1n) is 5.10. The van der Waals surface area contributed by atoms with Crippen LogP contribution in [0.1, 0.15) is 13.3 Å². The lowest BCUT2D eigenvalue weighted by atomic mass is 10.0. The third-order valence-corrected chi connectivity index (χ3v) is 2.74. The van der Waals surface area contributed by atoms with Crippen LogP contribution in [-0.2, 0) is 4.79 Å². The number of carboxylic acids is 1. The molecule has 0 aromatic rings. The van der Waals surface area contributed by atoms with Gasteiger partial charge >= 0.3 is 5.97 Å². The molecule has 1 aliphatic rings. The van der Waals surface area contributed by atoms with Gasteiger partial charge in [0.15, 0.2) is 0 Å². The molecule has 14 heavy (non-hydrogen) atoms. The molecule has 0 saturated carbocycles. The first-order valence-corrected chi connectivity index (χ1v) is 5.10. The van der Waals surface area contributed by atoms with E-state index in [0.29, 0.717) is 0 Å². The molecule has 0 radical (unpaired) electrons. The number of nitrogens with zero attached hydrogens (tertiary/aromatic N) is 1. The highest BCUT2D eigenvalue weighted by atomic mass is 16.4. The molecular weight excluding hydrogens is 182 g/mol. The van der Waals surface area contributed by atoms with Crippen LogP contribution in [0.4, 0.5) is 0 Å². The molecule has 0 spiro atoms. The molecule has 0 aromatic carbocycles. The average molecular weight is 201 g/mol. The topological polar surface area (TPSA) is 78.6 Å². The van der Waals surface area contributed by atoms with Crippen molar-refractivity contribution in [2.75, 3.05) is 26.2 Å². The molecule has 5 heteroatoms. The van der Waals surface area contributed by atoms with Crippen LogP contribution in [0.2, 0.25) is 0 Å². The van der Waals surface area contributed by atoms with Crippen molar-refractivity contribution in [1.29, 1.82) is 0 Å². The summed E-state index contributed by atoms with van der Waals surface area (Å²) in [6.07, 6.45) is 0.785. The fourth-order valence-corrected chi connectivity index (χ4v) is 1.92. The molecule has 1 aliphatic heterocycles. The zero-order chi connectivity index (χ0) is 10.6. The molecule has 0 aliphatic carbocycles. The minimum absolute atomic E-state index is 0.0328. The van der Waals surface area contributed by atoms with E-state index in [4.69, 9.17) is 10.8 Å². The Hall–Kier alpha value is -0.650. The van der Waals surface area contributed by atoms with E-state index in [1.807, 2.05) is 6.92 Å². The summed E-state index contributed by atoms with van der Waals surface area (Å²) < 4.78 is 0. The highest BCUT2D eigenvalue weighted by Crippen LogP contribution is 2.09. The molecule has 2 unspecified atom stereocenters. The summed E-state index contributed by atoms with van der Waals surface area (Å²) in [6.45, 7) is 5.60. The Bertz CT molecular complexity index is 192. The highest BCUT2D eigenvalue weighted by Gasteiger charge is 2.28. The summed E-state index contributed by atoms with van der Waals surface area (Å²) in [5.41, 5.74) is 5.64. The number of hydrogen-bond donors (Lipinski definition) is 3. The van der Waals surface area contributed by atoms with Crippen LogP contribution in [0.3, 0.4) is 0 Å². The smallest absolute Gasteiger partial charge is 0.322 e. The van der Waals surface area contributed by atoms with Gasteiger partial charge in [-0.2, -0.15) is 0 Å². The molecule has 1 rings (SSSR count). The van der Waals surface area contributed by atoms with Gasteiger partial charge in [-0.05, 0) is 6.42 Å². The number of nitrogens with one attached hydrogen (secondary N) is 1. The molecule has 1 saturated heterocycles. The van der Waals surface area contributed by atoms with Crippen molar-refractivity contribution in [3.8, 4) is 0 Å². The number of carboxylic acid groups (broad SMARTS) is 1. The van der Waals surface area contributed by atoms with Gasteiger partial charge in [0.1, 0.15) is 6.04 Å². The summed E-state index contributed by atoms with van der Waals surface area (Å²) in [5.74, 6) is -0.907. The minimum Gasteiger partial charge on any atom is -0.480 e. The van der Waals surface area contributed by atoms with E-state index < -0.39 is 12.0 Å². The average Bonchev–Trinajstić information content (AvgIpc) is 2.20. The van der Waals surface area contributed by atoms with Crippen LogP contribution >= 0.6 is 0 Å². The molecule has 0 bridgehead atoms. The predicted molar refractivity (Wildman–Crippen MR) is 54.1 cm³/mol. The Morgan fingerprint density at radius 3 is 2.57 bits per heavy atom. The lowest BCUT2D eigenvalue weighted by Crippen LogP contribution is -2.56. The van der Waals surface area contributed by atoms with E-state index in [1.165, 1.54) is 0 Å². The molecule has 1 fully saturated rings. The molecule has 2 atom stereocenters. The Balaban J connectivity index is 2.55. The third-order valence-electron chi connectivity index (χ3n) is 2.74. The van der Waals surface area contributed by atoms with Crippen LogP contribution in [0.5, 0.6) is 0 Å². The summed E-state index contributed by atoms with van der Waals surface area (Å²) in [7, 11) is 0. The van der Waals surface area contributed by atoms with Gasteiger partial charge < -0.3 is 16.2 Å². The third kappa shape index (κ3) is 2.67. The lowest BCUT2D eigenvalue weighted by molar-refractivity contribution is -0.140. The van der Waals surface area contributed by atoms with Crippen LogP contribution in [0.25, 0.3) is 0 Å². The van der Waals surface area contributed by atoms with Gasteiger partial charge in [0, 0.05) is 32.2 Å². The number of aliphatic carboxylic acids is 1. The van der Waals surface area contributed by atoms with Crippen molar-refractivity contribution < 1.29 is 9.90 Å². The SMILES string of the molecule is CCC(C(N)C(=O)O)N1CCNCC1. The van der Waals surface area contributed by atoms with Gasteiger partial charge in [0.2, 0.25) is 0 Å². The molecule has 4 N–H and O–H groups in total. The number of hydrogen-bond acceptors (Lipinski definition) is 4. The maximum Gasteiger partial charge on any atom is 0.322 e. The highest BCUT2D eigenvalue weighted by molar-refractivity contribution is 5.74. The van der Waals surface area contributed by atoms with Crippen LogP contribution in [-0.4, -0.2) is 54.2 Å². The Morgan fingerprint density at radius 1 is 1.57 bits per heavy atom. The second-order valence-corrected chi connectivity index (χ2v) is 3.63. The van der Waals surface area contributed by atoms with E-state index in [-0.39, 0.29) is 6.04 Å². The Kier molecular flexibility index (Phi) is 4.31. The normalized spacial score (nSPS) is 23.0. The molecule has 0 aromatic heterocycles. The van der Waals surface area contributed by atoms with Crippen LogP contribution in [0, 0.1) is 0 Å². The van der Waals surface area contributed by atoms with Crippen molar-refractivity contribution in [2.24, 2.45) is 5.73 Å². The number of rotatable bonds is 4. The van der Waals surface area contributed by atoms with E-state index in [0.717, 1.165) is 32.6 Å². The quantitative estimate of drug-likeness (QED) is 0.548. The van der Waals surface area contributed by atoms with Crippen molar-refractivity contribution in [3.05, 3.63) is 0 Å². The van der Waals surface area contributed by atoms with Gasteiger partial charge in [-0.25, -0.2) is 0 Å². The summed E-state index contributed by atoms with van der Waals surface area (Å²) in [6, 6.07) is -0.798. The van der Waals surface area contributed by atoms with E-state index in [1.54, 1.807) is 0 Å². The van der Waals surface area contributed by atoms with Crippen molar-refractivity contribution in [1.82, 2.24) is 10.2 Å². The van der Waals surface area contributed by atoms with Crippen molar-refractivity contribution in [2.45, 2.75) is 25.4 Å². The van der Waals surface area contributed by atoms with Gasteiger partial charge in [-0.3, -0.25) is 9.69 Å². The van der Waals surface area contributed by atoms with Gasteiger partial charge in [0.25, 0.3) is 0 Å². The molecular formula is C9H19N3O2. The van der Waals surface area contributed by atoms with Crippen molar-refractivity contribution >= 4 is 5.97 Å². The molecule has 5 nitrogen and oxygen atoms in total. The predicted octanol–water partition coefficient (Wildman–Crippen LogP) is -0.918. The first kappa shape index (κ1) is 11.4. The second kappa shape index (κ2) is 5.29. The van der Waals surface area contributed by atoms with Crippen LogP contribution < -0.4 is 11.1 Å². The first-order chi connectivity index (χ1) is 6.66. The summed E-state index contributed by atoms with van der Waals surface area (Å²) in [5, 5.41) is 12.1. The van der Waals surface area contributed by atoms with Crippen LogP contribution in [0.15, 0.2) is 0 Å². The Labute approximate surface area is 84.3 Å². The number of carbonyl (C=O) groups is 1. The molecule has 82 valence electrons. The monoisotopic (exact) mass is 201 g/mol. The molecule has 0 amide bonds. The lowest BCUT2D eigenvalue weighted by Gasteiger charge is -2.36. The zero-order valence-electron chi connectivity index (χ0n) is 8.57. The number of piperazine rings is 1. The zero-order valence-corrected chi connectivity index (χ0v) is 8.57. The summed E-state index contributed by atoms with van der Waals surface area (Å²) in [4.78, 5) is 12.9. The second-order valence-electron chi connectivity index (χ2n) is 3.63. The van der Waals surface area contributed by atoms with Gasteiger partial charge in [0.05, 0.1) is 0 Å².